The molecular weight excluding hydrogens is 380 g/mol. The molecule has 0 amide bonds. The number of nitrogens with one attached hydrogen (secondary N) is 3. The van der Waals surface area contributed by atoms with Crippen LogP contribution >= 0.6 is 0 Å². The number of hydrogen-bond donors (Lipinski definition) is 3. The van der Waals surface area contributed by atoms with Crippen LogP contribution in [0.15, 0.2) is 50.7 Å². The summed E-state index contributed by atoms with van der Waals surface area (Å²) in [5.41, 5.74) is 0.819. The largest absolute Gasteiger partial charge is 0.464 e. The van der Waals surface area contributed by atoms with Crippen LogP contribution in [0.2, 0.25) is 0 Å². The highest BCUT2D eigenvalue weighted by Crippen LogP contribution is 2.15. The maximum absolute atomic E-state index is 12.3. The Labute approximate surface area is 166 Å². The van der Waals surface area contributed by atoms with E-state index >= 15 is 0 Å². The number of guanidine groups is 1. The molecule has 1 aromatic heterocycles. The van der Waals surface area contributed by atoms with Crippen molar-refractivity contribution < 1.29 is 17.6 Å². The van der Waals surface area contributed by atoms with Crippen molar-refractivity contribution in [1.82, 2.24) is 15.4 Å². The Hall–Kier alpha value is -2.36. The minimum Gasteiger partial charge on any atom is -0.464 e. The van der Waals surface area contributed by atoms with Gasteiger partial charge in [-0.1, -0.05) is 12.1 Å². The topological polar surface area (TPSA) is 105 Å². The van der Waals surface area contributed by atoms with Crippen molar-refractivity contribution in [3.8, 4) is 0 Å². The van der Waals surface area contributed by atoms with Gasteiger partial charge in [-0.25, -0.2) is 13.1 Å². The first-order chi connectivity index (χ1) is 13.4. The first-order valence-corrected chi connectivity index (χ1v) is 10.4. The van der Waals surface area contributed by atoms with Crippen LogP contribution in [0.1, 0.15) is 30.0 Å². The van der Waals surface area contributed by atoms with Gasteiger partial charge in [-0.15, -0.1) is 0 Å². The van der Waals surface area contributed by atoms with Crippen molar-refractivity contribution in [2.75, 3.05) is 27.3 Å². The third-order valence-corrected chi connectivity index (χ3v) is 5.49. The third-order valence-electron chi connectivity index (χ3n) is 4.03. The lowest BCUT2D eigenvalue weighted by atomic mass is 10.2. The lowest BCUT2D eigenvalue weighted by Gasteiger charge is -2.16. The maximum atomic E-state index is 12.3. The standard InChI is InChI=1S/C19H28N4O4S/c1-14-8-9-18(27-14)15(2)23-19(20-3)21-13-16-6-5-7-17(12-16)28(24,25)22-10-11-26-4/h5-9,12,15,22H,10-11,13H2,1-4H3,(H2,20,21,23). The Bertz CT molecular complexity index is 893. The lowest BCUT2D eigenvalue weighted by Crippen LogP contribution is -2.38. The second-order valence-electron chi connectivity index (χ2n) is 6.28. The number of furan rings is 1. The second kappa shape index (κ2) is 10.3. The van der Waals surface area contributed by atoms with Gasteiger partial charge in [0.25, 0.3) is 0 Å². The minimum absolute atomic E-state index is 0.0587. The van der Waals surface area contributed by atoms with E-state index in [0.29, 0.717) is 19.1 Å². The molecule has 154 valence electrons. The molecule has 1 atom stereocenters. The first-order valence-electron chi connectivity index (χ1n) is 8.96. The maximum Gasteiger partial charge on any atom is 0.240 e. The molecular formula is C19H28N4O4S. The van der Waals surface area contributed by atoms with Gasteiger partial charge in [-0.2, -0.15) is 0 Å². The zero-order valence-corrected chi connectivity index (χ0v) is 17.5. The molecule has 0 spiro atoms. The van der Waals surface area contributed by atoms with E-state index in [9.17, 15) is 8.42 Å². The Kier molecular flexibility index (Phi) is 8.04. The van der Waals surface area contributed by atoms with E-state index in [1.54, 1.807) is 25.2 Å². The zero-order chi connectivity index (χ0) is 20.6. The average molecular weight is 409 g/mol. The van der Waals surface area contributed by atoms with E-state index in [1.807, 2.05) is 32.0 Å². The molecule has 1 unspecified atom stereocenters. The summed E-state index contributed by atoms with van der Waals surface area (Å²) in [4.78, 5) is 4.42. The van der Waals surface area contributed by atoms with Gasteiger partial charge in [0.2, 0.25) is 10.0 Å². The third kappa shape index (κ3) is 6.36. The van der Waals surface area contributed by atoms with Crippen molar-refractivity contribution in [2.24, 2.45) is 4.99 Å². The van der Waals surface area contributed by atoms with Crippen molar-refractivity contribution in [1.29, 1.82) is 0 Å². The molecule has 0 saturated heterocycles. The number of methoxy groups -OCH3 is 1. The van der Waals surface area contributed by atoms with Crippen molar-refractivity contribution in [3.05, 3.63) is 53.5 Å². The summed E-state index contributed by atoms with van der Waals surface area (Å²) in [5, 5.41) is 6.43. The fraction of sp³-hybridized carbons (Fsp3) is 0.421. The number of nitrogens with zero attached hydrogens (tertiary/aromatic N) is 1. The van der Waals surface area contributed by atoms with Crippen LogP contribution in [0, 0.1) is 6.92 Å². The molecule has 0 aliphatic heterocycles. The first kappa shape index (κ1) is 21.9. The molecule has 1 aromatic carbocycles. The number of rotatable bonds is 9. The Balaban J connectivity index is 1.97. The molecule has 0 bridgehead atoms. The molecule has 1 heterocycles. The van der Waals surface area contributed by atoms with E-state index in [2.05, 4.69) is 20.3 Å². The Morgan fingerprint density at radius 3 is 2.71 bits per heavy atom. The van der Waals surface area contributed by atoms with E-state index < -0.39 is 10.0 Å². The SMILES string of the molecule is CN=C(NCc1cccc(S(=O)(=O)NCCOC)c1)NC(C)c1ccc(C)o1. The molecule has 0 aliphatic carbocycles. The molecule has 0 radical (unpaired) electrons. The van der Waals surface area contributed by atoms with Crippen molar-refractivity contribution in [2.45, 2.75) is 31.3 Å². The molecule has 28 heavy (non-hydrogen) atoms. The number of aliphatic imine (C=N–C) groups is 1. The molecule has 0 saturated carbocycles. The van der Waals surface area contributed by atoms with Gasteiger partial charge in [-0.05, 0) is 43.7 Å². The quantitative estimate of drug-likeness (QED) is 0.333. The molecule has 8 nitrogen and oxygen atoms in total. The minimum atomic E-state index is -3.57. The van der Waals surface area contributed by atoms with Crippen molar-refractivity contribution in [3.63, 3.8) is 0 Å². The average Bonchev–Trinajstić information content (AvgIpc) is 3.12. The summed E-state index contributed by atoms with van der Waals surface area (Å²) in [5.74, 6) is 2.26. The van der Waals surface area contributed by atoms with Gasteiger partial charge in [0.15, 0.2) is 5.96 Å². The monoisotopic (exact) mass is 408 g/mol. The smallest absolute Gasteiger partial charge is 0.240 e. The Morgan fingerprint density at radius 2 is 2.07 bits per heavy atom. The van der Waals surface area contributed by atoms with Crippen LogP contribution in [0.4, 0.5) is 0 Å². The van der Waals surface area contributed by atoms with Crippen molar-refractivity contribution >= 4 is 16.0 Å². The molecule has 2 rings (SSSR count). The van der Waals surface area contributed by atoms with Crippen LogP contribution in [0.3, 0.4) is 0 Å². The van der Waals surface area contributed by atoms with Crippen LogP contribution in [0.25, 0.3) is 0 Å². The number of sulfonamides is 1. The summed E-state index contributed by atoms with van der Waals surface area (Å²) < 4.78 is 37.6. The highest BCUT2D eigenvalue weighted by Gasteiger charge is 2.14. The Morgan fingerprint density at radius 1 is 1.29 bits per heavy atom. The van der Waals surface area contributed by atoms with Gasteiger partial charge >= 0.3 is 0 Å². The van der Waals surface area contributed by atoms with Gasteiger partial charge in [0.05, 0.1) is 17.5 Å². The molecule has 9 heteroatoms. The number of hydrogen-bond acceptors (Lipinski definition) is 5. The van der Waals surface area contributed by atoms with Crippen LogP contribution in [0.5, 0.6) is 0 Å². The summed E-state index contributed by atoms with van der Waals surface area (Å²) in [6.07, 6.45) is 0. The zero-order valence-electron chi connectivity index (χ0n) is 16.7. The van der Waals surface area contributed by atoms with E-state index in [0.717, 1.165) is 17.1 Å². The van der Waals surface area contributed by atoms with E-state index in [4.69, 9.17) is 9.15 Å². The summed E-state index contributed by atoms with van der Waals surface area (Å²) in [7, 11) is -0.368. The molecule has 3 N–H and O–H groups in total. The highest BCUT2D eigenvalue weighted by molar-refractivity contribution is 7.89. The van der Waals surface area contributed by atoms with Gasteiger partial charge in [0.1, 0.15) is 11.5 Å². The second-order valence-corrected chi connectivity index (χ2v) is 8.05. The fourth-order valence-corrected chi connectivity index (χ4v) is 3.61. The molecule has 0 aliphatic rings. The summed E-state index contributed by atoms with van der Waals surface area (Å²) in [6.45, 7) is 4.83. The number of aryl methyl sites for hydroxylation is 1. The van der Waals surface area contributed by atoms with Crippen LogP contribution in [-0.2, 0) is 21.3 Å². The summed E-state index contributed by atoms with van der Waals surface area (Å²) in [6, 6.07) is 10.5. The van der Waals surface area contributed by atoms with E-state index in [1.165, 1.54) is 7.11 Å². The molecule has 2 aromatic rings. The normalized spacial score (nSPS) is 13.4. The number of ether oxygens (including phenoxy) is 1. The predicted molar refractivity (Wildman–Crippen MR) is 109 cm³/mol. The fourth-order valence-electron chi connectivity index (χ4n) is 2.53. The van der Waals surface area contributed by atoms with E-state index in [-0.39, 0.29) is 17.5 Å². The number of benzene rings is 1. The lowest BCUT2D eigenvalue weighted by molar-refractivity contribution is 0.204. The predicted octanol–water partition coefficient (Wildman–Crippen LogP) is 1.94. The van der Waals surface area contributed by atoms with Gasteiger partial charge in [0, 0.05) is 27.2 Å². The highest BCUT2D eigenvalue weighted by atomic mass is 32.2. The van der Waals surface area contributed by atoms with Gasteiger partial charge in [-0.3, -0.25) is 4.99 Å². The molecule has 0 fully saturated rings. The van der Waals surface area contributed by atoms with Crippen LogP contribution in [-0.4, -0.2) is 41.7 Å². The summed E-state index contributed by atoms with van der Waals surface area (Å²) >= 11 is 0. The van der Waals surface area contributed by atoms with Gasteiger partial charge < -0.3 is 19.8 Å². The van der Waals surface area contributed by atoms with Crippen LogP contribution < -0.4 is 15.4 Å².